The maximum absolute atomic E-state index is 12.7. The Hall–Kier alpha value is -2.42. The first-order chi connectivity index (χ1) is 10.5. The molecule has 0 bridgehead atoms. The molecule has 0 aliphatic heterocycles. The Morgan fingerprint density at radius 2 is 1.59 bits per heavy atom. The van der Waals surface area contributed by atoms with Gasteiger partial charge in [-0.1, -0.05) is 55.0 Å². The number of hydrogen-bond acceptors (Lipinski definition) is 2. The highest BCUT2D eigenvalue weighted by Gasteiger charge is 2.18. The van der Waals surface area contributed by atoms with Crippen molar-refractivity contribution in [2.45, 2.75) is 33.2 Å². The van der Waals surface area contributed by atoms with Crippen LogP contribution >= 0.6 is 0 Å². The molecule has 2 aromatic rings. The number of carbonyl (C=O) groups is 2. The predicted octanol–water partition coefficient (Wildman–Crippen LogP) is 3.75. The molecule has 0 saturated heterocycles. The lowest BCUT2D eigenvalue weighted by Crippen LogP contribution is -2.33. The van der Waals surface area contributed by atoms with Gasteiger partial charge < -0.3 is 5.32 Å². The van der Waals surface area contributed by atoms with Gasteiger partial charge in [0.1, 0.15) is 0 Å². The molecule has 1 atom stereocenters. The summed E-state index contributed by atoms with van der Waals surface area (Å²) in [7, 11) is 0. The monoisotopic (exact) mass is 295 g/mol. The van der Waals surface area contributed by atoms with Crippen molar-refractivity contribution in [2.24, 2.45) is 0 Å². The van der Waals surface area contributed by atoms with E-state index in [0.29, 0.717) is 16.7 Å². The summed E-state index contributed by atoms with van der Waals surface area (Å²) in [6, 6.07) is 14.4. The first-order valence-electron chi connectivity index (χ1n) is 7.54. The molecule has 1 amide bonds. The van der Waals surface area contributed by atoms with Gasteiger partial charge in [0.25, 0.3) is 5.91 Å². The maximum Gasteiger partial charge on any atom is 0.252 e. The van der Waals surface area contributed by atoms with Crippen LogP contribution in [0.2, 0.25) is 0 Å². The van der Waals surface area contributed by atoms with Crippen molar-refractivity contribution >= 4 is 11.7 Å². The molecule has 2 aromatic carbocycles. The number of benzene rings is 2. The third kappa shape index (κ3) is 3.61. The summed E-state index contributed by atoms with van der Waals surface area (Å²) in [6.07, 6.45) is 0.847. The van der Waals surface area contributed by atoms with Gasteiger partial charge in [0.05, 0.1) is 5.56 Å². The fraction of sp³-hybridized carbons (Fsp3) is 0.263. The van der Waals surface area contributed by atoms with E-state index in [9.17, 15) is 9.59 Å². The quantitative estimate of drug-likeness (QED) is 0.854. The predicted molar refractivity (Wildman–Crippen MR) is 88.3 cm³/mol. The Morgan fingerprint density at radius 3 is 2.18 bits per heavy atom. The average Bonchev–Trinajstić information content (AvgIpc) is 2.54. The van der Waals surface area contributed by atoms with E-state index in [-0.39, 0.29) is 17.7 Å². The van der Waals surface area contributed by atoms with E-state index >= 15 is 0 Å². The molecule has 0 radical (unpaired) electrons. The van der Waals surface area contributed by atoms with Crippen LogP contribution < -0.4 is 5.32 Å². The molecule has 2 rings (SSSR count). The summed E-state index contributed by atoms with van der Waals surface area (Å²) in [5.74, 6) is -0.333. The van der Waals surface area contributed by atoms with Gasteiger partial charge in [-0.25, -0.2) is 0 Å². The van der Waals surface area contributed by atoms with Crippen molar-refractivity contribution in [3.63, 3.8) is 0 Å². The minimum Gasteiger partial charge on any atom is -0.350 e. The SMILES string of the molecule is CC[C@@H](C)NC(=O)c1ccccc1C(=O)c1ccc(C)cc1. The van der Waals surface area contributed by atoms with Gasteiger partial charge in [0.2, 0.25) is 0 Å². The van der Waals surface area contributed by atoms with Crippen LogP contribution in [0.1, 0.15) is 52.1 Å². The Morgan fingerprint density at radius 1 is 1.00 bits per heavy atom. The average molecular weight is 295 g/mol. The summed E-state index contributed by atoms with van der Waals surface area (Å²) >= 11 is 0. The molecule has 1 N–H and O–H groups in total. The lowest BCUT2D eigenvalue weighted by atomic mass is 9.97. The van der Waals surface area contributed by atoms with Gasteiger partial charge in [0.15, 0.2) is 5.78 Å². The summed E-state index contributed by atoms with van der Waals surface area (Å²) in [5.41, 5.74) is 2.55. The highest BCUT2D eigenvalue weighted by Crippen LogP contribution is 2.16. The highest BCUT2D eigenvalue weighted by atomic mass is 16.2. The maximum atomic E-state index is 12.7. The fourth-order valence-corrected chi connectivity index (χ4v) is 2.14. The van der Waals surface area contributed by atoms with Gasteiger partial charge in [-0.15, -0.1) is 0 Å². The van der Waals surface area contributed by atoms with Gasteiger partial charge in [-0.3, -0.25) is 9.59 Å². The first kappa shape index (κ1) is 16.0. The molecule has 0 spiro atoms. The zero-order valence-electron chi connectivity index (χ0n) is 13.2. The second kappa shape index (κ2) is 7.03. The number of rotatable bonds is 5. The van der Waals surface area contributed by atoms with Crippen molar-refractivity contribution < 1.29 is 9.59 Å². The molecule has 0 aliphatic carbocycles. The van der Waals surface area contributed by atoms with E-state index in [1.807, 2.05) is 32.9 Å². The van der Waals surface area contributed by atoms with Crippen LogP contribution in [0.5, 0.6) is 0 Å². The normalized spacial score (nSPS) is 11.8. The Kier molecular flexibility index (Phi) is 5.10. The number of aryl methyl sites for hydroxylation is 1. The lowest BCUT2D eigenvalue weighted by Gasteiger charge is -2.13. The van der Waals surface area contributed by atoms with Crippen LogP contribution in [0.3, 0.4) is 0 Å². The molecule has 0 heterocycles. The molecule has 3 nitrogen and oxygen atoms in total. The van der Waals surface area contributed by atoms with Crippen molar-refractivity contribution in [2.75, 3.05) is 0 Å². The number of hydrogen-bond donors (Lipinski definition) is 1. The highest BCUT2D eigenvalue weighted by molar-refractivity contribution is 6.15. The van der Waals surface area contributed by atoms with Crippen molar-refractivity contribution in [1.82, 2.24) is 5.32 Å². The zero-order valence-corrected chi connectivity index (χ0v) is 13.2. The van der Waals surface area contributed by atoms with E-state index in [0.717, 1.165) is 12.0 Å². The molecule has 22 heavy (non-hydrogen) atoms. The standard InChI is InChI=1S/C19H21NO2/c1-4-14(3)20-19(22)17-8-6-5-7-16(17)18(21)15-11-9-13(2)10-12-15/h5-12,14H,4H2,1-3H3,(H,20,22)/t14-/m1/s1. The van der Waals surface area contributed by atoms with Crippen LogP contribution in [0.4, 0.5) is 0 Å². The molecule has 0 aromatic heterocycles. The summed E-state index contributed by atoms with van der Waals surface area (Å²) in [5, 5.41) is 2.91. The Balaban J connectivity index is 2.33. The van der Waals surface area contributed by atoms with Crippen molar-refractivity contribution in [1.29, 1.82) is 0 Å². The minimum absolute atomic E-state index is 0.0787. The molecule has 0 saturated carbocycles. The Bertz CT molecular complexity index is 674. The topological polar surface area (TPSA) is 46.2 Å². The van der Waals surface area contributed by atoms with Crippen LogP contribution in [-0.4, -0.2) is 17.7 Å². The fourth-order valence-electron chi connectivity index (χ4n) is 2.14. The third-order valence-electron chi connectivity index (χ3n) is 3.72. The van der Waals surface area contributed by atoms with Gasteiger partial charge >= 0.3 is 0 Å². The number of carbonyl (C=O) groups excluding carboxylic acids is 2. The van der Waals surface area contributed by atoms with Crippen LogP contribution in [0, 0.1) is 6.92 Å². The molecular formula is C19H21NO2. The zero-order chi connectivity index (χ0) is 16.1. The molecule has 0 aliphatic rings. The molecule has 0 fully saturated rings. The lowest BCUT2D eigenvalue weighted by molar-refractivity contribution is 0.0929. The molecule has 3 heteroatoms. The Labute approximate surface area is 131 Å². The van der Waals surface area contributed by atoms with Crippen LogP contribution in [-0.2, 0) is 0 Å². The van der Waals surface area contributed by atoms with Gasteiger partial charge in [-0.05, 0) is 26.3 Å². The number of amides is 1. The third-order valence-corrected chi connectivity index (χ3v) is 3.72. The van der Waals surface area contributed by atoms with E-state index in [4.69, 9.17) is 0 Å². The largest absolute Gasteiger partial charge is 0.350 e. The summed E-state index contributed by atoms with van der Waals surface area (Å²) < 4.78 is 0. The van der Waals surface area contributed by atoms with Crippen molar-refractivity contribution in [3.05, 3.63) is 70.8 Å². The number of ketones is 1. The first-order valence-corrected chi connectivity index (χ1v) is 7.54. The second-order valence-electron chi connectivity index (χ2n) is 5.52. The van der Waals surface area contributed by atoms with Crippen molar-refractivity contribution in [3.8, 4) is 0 Å². The summed E-state index contributed by atoms with van der Waals surface area (Å²) in [4.78, 5) is 25.0. The second-order valence-corrected chi connectivity index (χ2v) is 5.52. The van der Waals surface area contributed by atoms with E-state index < -0.39 is 0 Å². The molecular weight excluding hydrogens is 274 g/mol. The smallest absolute Gasteiger partial charge is 0.252 e. The van der Waals surface area contributed by atoms with Gasteiger partial charge in [0, 0.05) is 17.2 Å². The van der Waals surface area contributed by atoms with E-state index in [1.165, 1.54) is 0 Å². The minimum atomic E-state index is -0.203. The summed E-state index contributed by atoms with van der Waals surface area (Å²) in [6.45, 7) is 5.93. The number of nitrogens with one attached hydrogen (secondary N) is 1. The van der Waals surface area contributed by atoms with E-state index in [2.05, 4.69) is 5.32 Å². The van der Waals surface area contributed by atoms with Crippen LogP contribution in [0.25, 0.3) is 0 Å². The van der Waals surface area contributed by atoms with E-state index in [1.54, 1.807) is 36.4 Å². The van der Waals surface area contributed by atoms with Crippen LogP contribution in [0.15, 0.2) is 48.5 Å². The van der Waals surface area contributed by atoms with Gasteiger partial charge in [-0.2, -0.15) is 0 Å². The molecule has 114 valence electrons. The molecule has 0 unspecified atom stereocenters.